The van der Waals surface area contributed by atoms with Crippen molar-refractivity contribution in [2.75, 3.05) is 6.54 Å². The first-order valence-electron chi connectivity index (χ1n) is 11.3. The summed E-state index contributed by atoms with van der Waals surface area (Å²) in [4.78, 5) is 30.4. The van der Waals surface area contributed by atoms with E-state index in [4.69, 9.17) is 11.6 Å². The van der Waals surface area contributed by atoms with E-state index in [9.17, 15) is 14.7 Å². The van der Waals surface area contributed by atoms with Crippen molar-refractivity contribution >= 4 is 23.4 Å². The average Bonchev–Trinajstić information content (AvgIpc) is 3.16. The summed E-state index contributed by atoms with van der Waals surface area (Å²) in [7, 11) is 0. The molecule has 1 atom stereocenters. The molecule has 1 aliphatic rings. The summed E-state index contributed by atoms with van der Waals surface area (Å²) in [6.07, 6.45) is 0.850. The van der Waals surface area contributed by atoms with E-state index >= 15 is 0 Å². The van der Waals surface area contributed by atoms with Crippen LogP contribution in [0.3, 0.4) is 0 Å². The van der Waals surface area contributed by atoms with Crippen molar-refractivity contribution in [1.29, 1.82) is 0 Å². The minimum absolute atomic E-state index is 0.0593. The van der Waals surface area contributed by atoms with Gasteiger partial charge in [0.2, 0.25) is 17.7 Å². The maximum absolute atomic E-state index is 13.8. The number of rotatable bonds is 7. The van der Waals surface area contributed by atoms with E-state index < -0.39 is 5.54 Å². The van der Waals surface area contributed by atoms with E-state index in [2.05, 4.69) is 16.3 Å². The molecule has 0 aliphatic carbocycles. The zero-order valence-corrected chi connectivity index (χ0v) is 20.4. The predicted molar refractivity (Wildman–Crippen MR) is 130 cm³/mol. The molecule has 8 heteroatoms. The lowest BCUT2D eigenvalue weighted by Crippen LogP contribution is -2.67. The van der Waals surface area contributed by atoms with Crippen LogP contribution in [0.5, 0.6) is 5.88 Å². The third-order valence-electron chi connectivity index (χ3n) is 6.36. The Balaban J connectivity index is 1.54. The number of aryl methyl sites for hydroxylation is 2. The molecule has 2 aromatic carbocycles. The number of likely N-dealkylation sites (tertiary alicyclic amines) is 1. The number of nitrogens with zero attached hydrogens (tertiary/aromatic N) is 3. The minimum atomic E-state index is -0.930. The number of aromatic hydroxyl groups is 1. The first-order valence-corrected chi connectivity index (χ1v) is 11.7. The van der Waals surface area contributed by atoms with Crippen LogP contribution in [-0.2, 0) is 29.1 Å². The molecule has 178 valence electrons. The van der Waals surface area contributed by atoms with Crippen LogP contribution in [0.2, 0.25) is 5.02 Å². The van der Waals surface area contributed by atoms with Gasteiger partial charge in [0.1, 0.15) is 5.54 Å². The van der Waals surface area contributed by atoms with Gasteiger partial charge in [-0.05, 0) is 50.5 Å². The SMILES string of the molecule is Cc1cc(C)cc(CC(=O)N2CCC2(C)C(=O)N(Cc2ccc(Cl)cc2)Cc2cc(O)[nH]n2)c1. The Morgan fingerprint density at radius 2 is 1.76 bits per heavy atom. The molecule has 0 spiro atoms. The topological polar surface area (TPSA) is 89.5 Å². The number of aromatic nitrogens is 2. The molecule has 0 radical (unpaired) electrons. The molecule has 3 aromatic rings. The van der Waals surface area contributed by atoms with Crippen molar-refractivity contribution in [1.82, 2.24) is 20.0 Å². The normalized spacial score (nSPS) is 17.4. The Morgan fingerprint density at radius 1 is 1.09 bits per heavy atom. The minimum Gasteiger partial charge on any atom is -0.494 e. The summed E-state index contributed by atoms with van der Waals surface area (Å²) >= 11 is 6.02. The van der Waals surface area contributed by atoms with Gasteiger partial charge >= 0.3 is 0 Å². The van der Waals surface area contributed by atoms with Crippen molar-refractivity contribution in [3.63, 3.8) is 0 Å². The van der Waals surface area contributed by atoms with Gasteiger partial charge in [0.05, 0.1) is 18.7 Å². The van der Waals surface area contributed by atoms with Crippen LogP contribution < -0.4 is 0 Å². The lowest BCUT2D eigenvalue weighted by molar-refractivity contribution is -0.164. The second kappa shape index (κ2) is 9.50. The highest BCUT2D eigenvalue weighted by atomic mass is 35.5. The highest BCUT2D eigenvalue weighted by molar-refractivity contribution is 6.30. The number of H-pyrrole nitrogens is 1. The van der Waals surface area contributed by atoms with Crippen LogP contribution in [0.1, 0.15) is 41.3 Å². The van der Waals surface area contributed by atoms with Crippen molar-refractivity contribution in [3.05, 3.63) is 81.5 Å². The Labute approximate surface area is 204 Å². The average molecular weight is 481 g/mol. The van der Waals surface area contributed by atoms with Gasteiger partial charge in [0.15, 0.2) is 0 Å². The summed E-state index contributed by atoms with van der Waals surface area (Å²) in [5, 5.41) is 16.8. The lowest BCUT2D eigenvalue weighted by Gasteiger charge is -2.51. The second-order valence-corrected chi connectivity index (χ2v) is 9.71. The third kappa shape index (κ3) is 5.09. The number of hydrogen-bond acceptors (Lipinski definition) is 4. The van der Waals surface area contributed by atoms with E-state index in [0.29, 0.717) is 30.2 Å². The molecule has 2 amide bonds. The smallest absolute Gasteiger partial charge is 0.248 e. The van der Waals surface area contributed by atoms with Crippen molar-refractivity contribution in [3.8, 4) is 5.88 Å². The number of halogens is 1. The largest absolute Gasteiger partial charge is 0.494 e. The van der Waals surface area contributed by atoms with Gasteiger partial charge in [-0.2, -0.15) is 5.10 Å². The van der Waals surface area contributed by atoms with E-state index in [-0.39, 0.29) is 30.7 Å². The Morgan fingerprint density at radius 3 is 2.32 bits per heavy atom. The summed E-state index contributed by atoms with van der Waals surface area (Å²) in [5.74, 6) is -0.269. The number of aromatic amines is 1. The number of nitrogens with one attached hydrogen (secondary N) is 1. The van der Waals surface area contributed by atoms with Gasteiger partial charge in [-0.15, -0.1) is 0 Å². The highest BCUT2D eigenvalue weighted by Gasteiger charge is 2.50. The van der Waals surface area contributed by atoms with E-state index in [0.717, 1.165) is 22.3 Å². The Kier molecular flexibility index (Phi) is 6.66. The number of benzene rings is 2. The van der Waals surface area contributed by atoms with E-state index in [1.54, 1.807) is 21.9 Å². The molecule has 34 heavy (non-hydrogen) atoms. The summed E-state index contributed by atoms with van der Waals surface area (Å²) in [5.41, 5.74) is 3.70. The molecule has 1 fully saturated rings. The molecule has 7 nitrogen and oxygen atoms in total. The van der Waals surface area contributed by atoms with E-state index in [1.165, 1.54) is 6.07 Å². The molecule has 1 aliphatic heterocycles. The van der Waals surface area contributed by atoms with Crippen molar-refractivity contribution < 1.29 is 14.7 Å². The number of carbonyl (C=O) groups excluding carboxylic acids is 2. The quantitative estimate of drug-likeness (QED) is 0.531. The Hall–Kier alpha value is -3.32. The maximum Gasteiger partial charge on any atom is 0.248 e. The van der Waals surface area contributed by atoms with Crippen LogP contribution in [0, 0.1) is 13.8 Å². The highest BCUT2D eigenvalue weighted by Crippen LogP contribution is 2.34. The predicted octanol–water partition coefficient (Wildman–Crippen LogP) is 4.15. The van der Waals surface area contributed by atoms with Gasteiger partial charge in [-0.1, -0.05) is 53.1 Å². The third-order valence-corrected chi connectivity index (χ3v) is 6.61. The molecule has 2 N–H and O–H groups in total. The molecule has 1 unspecified atom stereocenters. The van der Waals surface area contributed by atoms with Gasteiger partial charge in [-0.3, -0.25) is 9.59 Å². The standard InChI is InChI=1S/C26H29ClN4O3/c1-17-10-18(2)12-20(11-17)13-24(33)31-9-8-26(31,3)25(34)30(16-22-14-23(32)29-28-22)15-19-4-6-21(27)7-5-19/h4-7,10-12,14H,8-9,13,15-16H2,1-3H3,(H2,28,29,32). The zero-order chi connectivity index (χ0) is 24.5. The molecule has 4 rings (SSSR count). The molecular formula is C26H29ClN4O3. The van der Waals surface area contributed by atoms with Gasteiger partial charge in [-0.25, -0.2) is 5.10 Å². The molecule has 1 saturated heterocycles. The van der Waals surface area contributed by atoms with Crippen molar-refractivity contribution in [2.24, 2.45) is 0 Å². The fourth-order valence-corrected chi connectivity index (χ4v) is 4.73. The molecule has 0 bridgehead atoms. The zero-order valence-electron chi connectivity index (χ0n) is 19.6. The Bertz CT molecular complexity index is 1190. The van der Waals surface area contributed by atoms with Gasteiger partial charge in [0.25, 0.3) is 0 Å². The van der Waals surface area contributed by atoms with Crippen LogP contribution >= 0.6 is 11.6 Å². The lowest BCUT2D eigenvalue weighted by atomic mass is 9.84. The summed E-state index contributed by atoms with van der Waals surface area (Å²) in [6.45, 7) is 6.93. The second-order valence-electron chi connectivity index (χ2n) is 9.27. The first-order chi connectivity index (χ1) is 16.1. The summed E-state index contributed by atoms with van der Waals surface area (Å²) < 4.78 is 0. The summed E-state index contributed by atoms with van der Waals surface area (Å²) in [6, 6.07) is 14.9. The van der Waals surface area contributed by atoms with Crippen molar-refractivity contribution in [2.45, 2.75) is 52.2 Å². The molecular weight excluding hydrogens is 452 g/mol. The number of hydrogen-bond donors (Lipinski definition) is 2. The first kappa shape index (κ1) is 23.8. The van der Waals surface area contributed by atoms with Gasteiger partial charge in [0, 0.05) is 24.2 Å². The maximum atomic E-state index is 13.8. The fourth-order valence-electron chi connectivity index (χ4n) is 4.60. The van der Waals surface area contributed by atoms with Crippen LogP contribution in [-0.4, -0.2) is 49.0 Å². The fraction of sp³-hybridized carbons (Fsp3) is 0.346. The molecule has 1 aromatic heterocycles. The van der Waals surface area contributed by atoms with E-state index in [1.807, 2.05) is 45.0 Å². The molecule has 0 saturated carbocycles. The molecule has 2 heterocycles. The number of carbonyl (C=O) groups is 2. The van der Waals surface area contributed by atoms with Crippen LogP contribution in [0.25, 0.3) is 0 Å². The number of amides is 2. The van der Waals surface area contributed by atoms with Crippen LogP contribution in [0.15, 0.2) is 48.5 Å². The van der Waals surface area contributed by atoms with Crippen LogP contribution in [0.4, 0.5) is 0 Å². The monoisotopic (exact) mass is 480 g/mol. The van der Waals surface area contributed by atoms with Gasteiger partial charge < -0.3 is 14.9 Å².